The number of carbonyl (C=O) groups excluding carboxylic acids is 1. The van der Waals surface area contributed by atoms with Crippen LogP contribution >= 0.6 is 11.6 Å². The molecule has 0 amide bonds. The third-order valence-electron chi connectivity index (χ3n) is 3.72. The van der Waals surface area contributed by atoms with Crippen molar-refractivity contribution in [1.82, 2.24) is 4.98 Å². The van der Waals surface area contributed by atoms with Crippen molar-refractivity contribution in [2.75, 3.05) is 5.75 Å². The Labute approximate surface area is 154 Å². The Bertz CT molecular complexity index is 1160. The van der Waals surface area contributed by atoms with E-state index >= 15 is 0 Å². The van der Waals surface area contributed by atoms with Crippen LogP contribution in [0.15, 0.2) is 70.4 Å². The number of hydrogen-bond acceptors (Lipinski definition) is 4. The molecule has 3 rings (SSSR count). The highest BCUT2D eigenvalue weighted by Gasteiger charge is 2.22. The maximum Gasteiger partial charge on any atom is 0.267 e. The minimum Gasteiger partial charge on any atom is -0.321 e. The number of allylic oxidation sites excluding steroid dienone is 1. The Morgan fingerprint density at radius 1 is 1.08 bits per heavy atom. The summed E-state index contributed by atoms with van der Waals surface area (Å²) < 4.78 is 24.9. The van der Waals surface area contributed by atoms with Crippen molar-refractivity contribution in [3.05, 3.63) is 81.6 Å². The van der Waals surface area contributed by atoms with Gasteiger partial charge in [-0.2, -0.15) is 0 Å². The Morgan fingerprint density at radius 3 is 2.50 bits per heavy atom. The first-order valence-corrected chi connectivity index (χ1v) is 9.69. The molecule has 0 saturated carbocycles. The van der Waals surface area contributed by atoms with Crippen molar-refractivity contribution < 1.29 is 13.2 Å². The molecule has 0 atom stereocenters. The number of H-pyrrole nitrogens is 1. The summed E-state index contributed by atoms with van der Waals surface area (Å²) in [5.41, 5.74) is 0.507. The Morgan fingerprint density at radius 2 is 1.77 bits per heavy atom. The molecule has 0 saturated heterocycles. The van der Waals surface area contributed by atoms with Crippen LogP contribution in [0.2, 0.25) is 5.02 Å². The van der Waals surface area contributed by atoms with Gasteiger partial charge in [0.2, 0.25) is 0 Å². The topological polar surface area (TPSA) is 84.1 Å². The number of ketones is 1. The van der Waals surface area contributed by atoms with Gasteiger partial charge in [0.05, 0.1) is 0 Å². The molecule has 0 aliphatic rings. The number of sulfone groups is 1. The van der Waals surface area contributed by atoms with Gasteiger partial charge < -0.3 is 4.98 Å². The summed E-state index contributed by atoms with van der Waals surface area (Å²) >= 11 is 5.78. The third-order valence-corrected chi connectivity index (χ3v) is 5.61. The lowest BCUT2D eigenvalue weighted by Crippen LogP contribution is -2.22. The second kappa shape index (κ2) is 7.27. The molecule has 0 aliphatic heterocycles. The summed E-state index contributed by atoms with van der Waals surface area (Å²) in [6.07, 6.45) is 2.68. The number of aromatic amines is 1. The molecular weight excluding hydrogens is 374 g/mol. The SMILES string of the molecule is O=C(/C=C\c1ccc(Cl)cc1)CS(=O)(=O)c1cc2ccccc2[nH]c1=O. The van der Waals surface area contributed by atoms with E-state index in [2.05, 4.69) is 4.98 Å². The van der Waals surface area contributed by atoms with Gasteiger partial charge in [0.15, 0.2) is 15.6 Å². The van der Waals surface area contributed by atoms with Crippen LogP contribution in [0, 0.1) is 0 Å². The first-order chi connectivity index (χ1) is 12.3. The van der Waals surface area contributed by atoms with E-state index in [1.165, 1.54) is 18.2 Å². The molecule has 3 aromatic rings. The zero-order valence-electron chi connectivity index (χ0n) is 13.5. The first-order valence-electron chi connectivity index (χ1n) is 7.66. The zero-order valence-corrected chi connectivity index (χ0v) is 15.0. The van der Waals surface area contributed by atoms with Crippen LogP contribution in [-0.4, -0.2) is 24.9 Å². The Balaban J connectivity index is 1.84. The average Bonchev–Trinajstić information content (AvgIpc) is 2.60. The number of hydrogen-bond donors (Lipinski definition) is 1. The summed E-state index contributed by atoms with van der Waals surface area (Å²) in [6, 6.07) is 14.9. The average molecular weight is 388 g/mol. The highest BCUT2D eigenvalue weighted by Crippen LogP contribution is 2.15. The Kier molecular flexibility index (Phi) is 5.06. The highest BCUT2D eigenvalue weighted by atomic mass is 35.5. The van der Waals surface area contributed by atoms with Crippen molar-refractivity contribution in [1.29, 1.82) is 0 Å². The fourth-order valence-electron chi connectivity index (χ4n) is 2.43. The predicted octanol–water partition coefficient (Wildman–Crippen LogP) is 3.24. The van der Waals surface area contributed by atoms with Crippen molar-refractivity contribution in [3.8, 4) is 0 Å². The van der Waals surface area contributed by atoms with Crippen molar-refractivity contribution in [3.63, 3.8) is 0 Å². The molecule has 7 heteroatoms. The van der Waals surface area contributed by atoms with Gasteiger partial charge in [-0.15, -0.1) is 0 Å². The van der Waals surface area contributed by atoms with Gasteiger partial charge in [-0.25, -0.2) is 8.42 Å². The van der Waals surface area contributed by atoms with E-state index in [0.29, 0.717) is 21.5 Å². The van der Waals surface area contributed by atoms with E-state index in [0.717, 1.165) is 0 Å². The molecule has 0 unspecified atom stereocenters. The smallest absolute Gasteiger partial charge is 0.267 e. The van der Waals surface area contributed by atoms with E-state index in [-0.39, 0.29) is 0 Å². The van der Waals surface area contributed by atoms with E-state index in [4.69, 9.17) is 11.6 Å². The minimum absolute atomic E-state index is 0.413. The second-order valence-corrected chi connectivity index (χ2v) is 8.05. The van der Waals surface area contributed by atoms with Crippen molar-refractivity contribution in [2.24, 2.45) is 0 Å². The molecule has 0 radical (unpaired) electrons. The molecule has 0 spiro atoms. The molecule has 0 aliphatic carbocycles. The normalized spacial score (nSPS) is 11.9. The molecule has 132 valence electrons. The number of nitrogens with one attached hydrogen (secondary N) is 1. The van der Waals surface area contributed by atoms with Crippen LogP contribution in [0.5, 0.6) is 0 Å². The zero-order chi connectivity index (χ0) is 18.7. The minimum atomic E-state index is -4.06. The fraction of sp³-hybridized carbons (Fsp3) is 0.0526. The molecule has 26 heavy (non-hydrogen) atoms. The molecule has 2 aromatic carbocycles. The van der Waals surface area contributed by atoms with Crippen LogP contribution in [0.3, 0.4) is 0 Å². The summed E-state index contributed by atoms with van der Waals surface area (Å²) in [7, 11) is -4.06. The predicted molar refractivity (Wildman–Crippen MR) is 102 cm³/mol. The number of pyridine rings is 1. The fourth-order valence-corrected chi connectivity index (χ4v) is 3.83. The van der Waals surface area contributed by atoms with Crippen molar-refractivity contribution >= 4 is 44.2 Å². The number of halogens is 1. The Hall–Kier alpha value is -2.70. The quantitative estimate of drug-likeness (QED) is 0.681. The van der Waals surface area contributed by atoms with Gasteiger partial charge in [0.1, 0.15) is 10.6 Å². The van der Waals surface area contributed by atoms with Gasteiger partial charge in [0.25, 0.3) is 5.56 Å². The number of fused-ring (bicyclic) bond motifs is 1. The van der Waals surface area contributed by atoms with Gasteiger partial charge in [-0.05, 0) is 41.3 Å². The standard InChI is InChI=1S/C19H14ClNO4S/c20-15-8-5-13(6-9-15)7-10-16(22)12-26(24,25)18-11-14-3-1-2-4-17(14)21-19(18)23/h1-11H,12H2,(H,21,23)/b10-7-. The van der Waals surface area contributed by atoms with Crippen LogP contribution in [-0.2, 0) is 14.6 Å². The number of aromatic nitrogens is 1. The third kappa shape index (κ3) is 4.09. The lowest BCUT2D eigenvalue weighted by Gasteiger charge is -2.04. The van der Waals surface area contributed by atoms with E-state index in [1.807, 2.05) is 0 Å². The number of benzene rings is 2. The monoisotopic (exact) mass is 387 g/mol. The maximum atomic E-state index is 12.5. The summed E-state index contributed by atoms with van der Waals surface area (Å²) in [6.45, 7) is 0. The molecule has 1 aromatic heterocycles. The van der Waals surface area contributed by atoms with E-state index in [1.54, 1.807) is 48.5 Å². The van der Waals surface area contributed by atoms with Gasteiger partial charge in [-0.3, -0.25) is 9.59 Å². The molecular formula is C19H14ClNO4S. The van der Waals surface area contributed by atoms with Gasteiger partial charge >= 0.3 is 0 Å². The molecule has 1 heterocycles. The summed E-state index contributed by atoms with van der Waals surface area (Å²) in [5, 5.41) is 1.14. The summed E-state index contributed by atoms with van der Waals surface area (Å²) in [4.78, 5) is 26.3. The van der Waals surface area contributed by atoms with Gasteiger partial charge in [0, 0.05) is 10.5 Å². The summed E-state index contributed by atoms with van der Waals surface area (Å²) in [5.74, 6) is -1.40. The molecule has 1 N–H and O–H groups in total. The lowest BCUT2D eigenvalue weighted by molar-refractivity contribution is -0.112. The number of rotatable bonds is 5. The van der Waals surface area contributed by atoms with Crippen LogP contribution in [0.25, 0.3) is 17.0 Å². The highest BCUT2D eigenvalue weighted by molar-refractivity contribution is 7.92. The lowest BCUT2D eigenvalue weighted by atomic mass is 10.2. The van der Waals surface area contributed by atoms with E-state index < -0.39 is 31.8 Å². The first kappa shape index (κ1) is 18.1. The maximum absolute atomic E-state index is 12.5. The molecule has 0 fully saturated rings. The van der Waals surface area contributed by atoms with Crippen LogP contribution in [0.4, 0.5) is 0 Å². The van der Waals surface area contributed by atoms with Crippen molar-refractivity contribution in [2.45, 2.75) is 4.90 Å². The van der Waals surface area contributed by atoms with E-state index in [9.17, 15) is 18.0 Å². The van der Waals surface area contributed by atoms with Gasteiger partial charge in [-0.1, -0.05) is 48.0 Å². The number of carbonyl (C=O) groups is 1. The largest absolute Gasteiger partial charge is 0.321 e. The molecule has 5 nitrogen and oxygen atoms in total. The second-order valence-electron chi connectivity index (χ2n) is 5.66. The number of para-hydroxylation sites is 1. The van der Waals surface area contributed by atoms with Crippen LogP contribution in [0.1, 0.15) is 5.56 Å². The van der Waals surface area contributed by atoms with Crippen LogP contribution < -0.4 is 5.56 Å². The molecule has 0 bridgehead atoms.